The van der Waals surface area contributed by atoms with Crippen LogP contribution >= 0.6 is 0 Å². The first-order chi connectivity index (χ1) is 13.9. The van der Waals surface area contributed by atoms with Crippen LogP contribution in [-0.2, 0) is 23.5 Å². The number of nitrogens with zero attached hydrogens (tertiary/aromatic N) is 5. The van der Waals surface area contributed by atoms with E-state index in [1.165, 1.54) is 4.90 Å². The smallest absolute Gasteiger partial charge is 0.269 e. The fourth-order valence-electron chi connectivity index (χ4n) is 3.55. The lowest BCUT2D eigenvalue weighted by Gasteiger charge is -2.21. The van der Waals surface area contributed by atoms with Gasteiger partial charge in [0.15, 0.2) is 0 Å². The third-order valence-corrected chi connectivity index (χ3v) is 5.05. The van der Waals surface area contributed by atoms with Crippen LogP contribution in [-0.4, -0.2) is 26.0 Å². The molecular formula is C22H19N5O2. The summed E-state index contributed by atoms with van der Waals surface area (Å²) in [5, 5.41) is 28.7. The van der Waals surface area contributed by atoms with E-state index in [9.17, 15) is 15.2 Å². The first kappa shape index (κ1) is 18.6. The average molecular weight is 385 g/mol. The zero-order valence-electron chi connectivity index (χ0n) is 15.9. The molecule has 0 bridgehead atoms. The van der Waals surface area contributed by atoms with Gasteiger partial charge in [0.1, 0.15) is 5.69 Å². The molecule has 7 nitrogen and oxygen atoms in total. The Kier molecular flexibility index (Phi) is 4.49. The van der Waals surface area contributed by atoms with E-state index in [1.54, 1.807) is 23.0 Å². The predicted molar refractivity (Wildman–Crippen MR) is 107 cm³/mol. The number of fused-ring (bicyclic) bond motifs is 1. The molecule has 1 atom stereocenters. The van der Waals surface area contributed by atoms with Crippen molar-refractivity contribution in [1.29, 1.82) is 5.26 Å². The summed E-state index contributed by atoms with van der Waals surface area (Å²) in [6, 6.07) is 17.0. The maximum Gasteiger partial charge on any atom is 0.269 e. The lowest BCUT2D eigenvalue weighted by Crippen LogP contribution is -2.41. The molecule has 0 saturated heterocycles. The number of carbonyl (C=O) groups is 1. The molecule has 29 heavy (non-hydrogen) atoms. The van der Waals surface area contributed by atoms with Crippen LogP contribution in [0.25, 0.3) is 0 Å². The third-order valence-electron chi connectivity index (χ3n) is 5.05. The Hall–Kier alpha value is -3.76. The Morgan fingerprint density at radius 1 is 1.24 bits per heavy atom. The van der Waals surface area contributed by atoms with Gasteiger partial charge in [-0.25, -0.2) is 4.68 Å². The molecule has 0 aliphatic carbocycles. The summed E-state index contributed by atoms with van der Waals surface area (Å²) in [6.45, 7) is 6.16. The van der Waals surface area contributed by atoms with Crippen molar-refractivity contribution in [2.75, 3.05) is 4.90 Å². The number of carbonyl (C=O) groups excluding carboxylic acids is 1. The van der Waals surface area contributed by atoms with Crippen molar-refractivity contribution in [1.82, 2.24) is 15.0 Å². The lowest BCUT2D eigenvalue weighted by atomic mass is 9.88. The van der Waals surface area contributed by atoms with E-state index >= 15 is 0 Å². The van der Waals surface area contributed by atoms with E-state index in [0.717, 1.165) is 11.1 Å². The molecule has 7 heteroatoms. The number of aliphatic hydroxyl groups is 1. The van der Waals surface area contributed by atoms with Gasteiger partial charge in [-0.15, -0.1) is 5.10 Å². The van der Waals surface area contributed by atoms with E-state index in [4.69, 9.17) is 0 Å². The van der Waals surface area contributed by atoms with Crippen LogP contribution in [0.15, 0.2) is 66.9 Å². The second-order valence-electron chi connectivity index (χ2n) is 7.11. The molecule has 1 aromatic heterocycles. The minimum atomic E-state index is -2.06. The van der Waals surface area contributed by atoms with Crippen LogP contribution in [0.2, 0.25) is 0 Å². The van der Waals surface area contributed by atoms with Crippen LogP contribution in [0.3, 0.4) is 0 Å². The van der Waals surface area contributed by atoms with Gasteiger partial charge in [0.2, 0.25) is 5.60 Å². The molecule has 0 saturated carbocycles. The first-order valence-corrected chi connectivity index (χ1v) is 9.11. The molecule has 2 heterocycles. The van der Waals surface area contributed by atoms with Gasteiger partial charge in [-0.2, -0.15) is 5.26 Å². The number of benzene rings is 2. The third kappa shape index (κ3) is 3.10. The fourth-order valence-corrected chi connectivity index (χ4v) is 3.55. The summed E-state index contributed by atoms with van der Waals surface area (Å²) in [7, 11) is 0. The molecule has 0 radical (unpaired) electrons. The van der Waals surface area contributed by atoms with Crippen molar-refractivity contribution in [3.63, 3.8) is 0 Å². The number of aryl methyl sites for hydroxylation is 1. The Bertz CT molecular complexity index is 1150. The molecule has 3 aromatic rings. The van der Waals surface area contributed by atoms with E-state index in [1.807, 2.05) is 49.4 Å². The van der Waals surface area contributed by atoms with Crippen LogP contribution in [0.4, 0.5) is 5.69 Å². The summed E-state index contributed by atoms with van der Waals surface area (Å²) in [5.74, 6) is -0.609. The number of aromatic nitrogens is 3. The zero-order chi connectivity index (χ0) is 20.6. The Morgan fingerprint density at radius 3 is 2.72 bits per heavy atom. The Balaban J connectivity index is 1.64. The van der Waals surface area contributed by atoms with Gasteiger partial charge in [-0.05, 0) is 18.6 Å². The Labute approximate surface area is 168 Å². The number of amides is 1. The summed E-state index contributed by atoms with van der Waals surface area (Å²) in [5.41, 5.74) is 1.17. The van der Waals surface area contributed by atoms with E-state index < -0.39 is 11.5 Å². The molecule has 4 rings (SSSR count). The molecule has 144 valence electrons. The second kappa shape index (κ2) is 7.00. The number of rotatable bonds is 5. The maximum atomic E-state index is 13.1. The zero-order valence-corrected chi connectivity index (χ0v) is 15.9. The van der Waals surface area contributed by atoms with Crippen molar-refractivity contribution in [2.45, 2.75) is 25.6 Å². The first-order valence-electron chi connectivity index (χ1n) is 9.11. The molecule has 1 unspecified atom stereocenters. The highest BCUT2D eigenvalue weighted by atomic mass is 16.3. The summed E-state index contributed by atoms with van der Waals surface area (Å²) < 4.78 is 1.70. The number of hydrogen-bond acceptors (Lipinski definition) is 5. The van der Waals surface area contributed by atoms with Gasteiger partial charge in [0.25, 0.3) is 5.91 Å². The number of anilines is 1. The normalized spacial score (nSPS) is 17.8. The minimum Gasteiger partial charge on any atom is -0.371 e. The van der Waals surface area contributed by atoms with Crippen molar-refractivity contribution < 1.29 is 9.90 Å². The monoisotopic (exact) mass is 385 g/mol. The molecule has 1 N–H and O–H groups in total. The summed E-state index contributed by atoms with van der Waals surface area (Å²) in [6.07, 6.45) is 1.77. The predicted octanol–water partition coefficient (Wildman–Crippen LogP) is 2.45. The highest BCUT2D eigenvalue weighted by molar-refractivity contribution is 6.09. The molecule has 1 amide bonds. The van der Waals surface area contributed by atoms with Crippen molar-refractivity contribution in [2.24, 2.45) is 0 Å². The number of nitriles is 1. The van der Waals surface area contributed by atoms with Crippen molar-refractivity contribution >= 4 is 11.6 Å². The molecule has 1 aliphatic rings. The fraction of sp³-hybridized carbons (Fsp3) is 0.182. The van der Waals surface area contributed by atoms with Gasteiger partial charge >= 0.3 is 0 Å². The highest BCUT2D eigenvalue weighted by Crippen LogP contribution is 2.44. The molecule has 1 aliphatic heterocycles. The van der Waals surface area contributed by atoms with E-state index in [0.29, 0.717) is 23.5 Å². The molecule has 0 spiro atoms. The highest BCUT2D eigenvalue weighted by Gasteiger charge is 2.52. The van der Waals surface area contributed by atoms with Gasteiger partial charge in [0, 0.05) is 5.56 Å². The van der Waals surface area contributed by atoms with Gasteiger partial charge in [-0.1, -0.05) is 59.8 Å². The van der Waals surface area contributed by atoms with Crippen LogP contribution in [0.5, 0.6) is 0 Å². The van der Waals surface area contributed by atoms with E-state index in [2.05, 4.69) is 16.9 Å². The summed E-state index contributed by atoms with van der Waals surface area (Å²) >= 11 is 0. The average Bonchev–Trinajstić information content (AvgIpc) is 3.25. The van der Waals surface area contributed by atoms with Crippen LogP contribution in [0.1, 0.15) is 22.4 Å². The quantitative estimate of drug-likeness (QED) is 0.681. The summed E-state index contributed by atoms with van der Waals surface area (Å²) in [4.78, 5) is 14.5. The van der Waals surface area contributed by atoms with Crippen LogP contribution < -0.4 is 4.90 Å². The second-order valence-corrected chi connectivity index (χ2v) is 7.11. The Morgan fingerprint density at radius 2 is 2.00 bits per heavy atom. The lowest BCUT2D eigenvalue weighted by molar-refractivity contribution is -0.132. The topological polar surface area (TPSA) is 95.0 Å². The standard InChI is InChI=1S/C22H19N5O2/c1-15-8-9-20-19(10-15)22(29,16(2)11-23)21(28)27(20)14-18-13-26(25-24-18)12-17-6-4-3-5-7-17/h3-10,13,29H,2,12,14H2,1H3. The van der Waals surface area contributed by atoms with Crippen LogP contribution in [0, 0.1) is 18.3 Å². The molecule has 2 aromatic carbocycles. The van der Waals surface area contributed by atoms with Gasteiger partial charge in [-0.3, -0.25) is 4.79 Å². The van der Waals surface area contributed by atoms with E-state index in [-0.39, 0.29) is 12.1 Å². The van der Waals surface area contributed by atoms with Crippen molar-refractivity contribution in [3.8, 4) is 6.07 Å². The molecular weight excluding hydrogens is 366 g/mol. The van der Waals surface area contributed by atoms with Gasteiger partial charge in [0.05, 0.1) is 36.6 Å². The maximum absolute atomic E-state index is 13.1. The number of hydrogen-bond donors (Lipinski definition) is 1. The SMILES string of the molecule is C=C(C#N)C1(O)C(=O)N(Cc2cn(Cc3ccccc3)nn2)c2ccc(C)cc21. The van der Waals surface area contributed by atoms with Gasteiger partial charge < -0.3 is 10.0 Å². The largest absolute Gasteiger partial charge is 0.371 e. The van der Waals surface area contributed by atoms with Crippen molar-refractivity contribution in [3.05, 3.63) is 89.3 Å². The minimum absolute atomic E-state index is 0.130. The molecule has 0 fully saturated rings.